The monoisotopic (exact) mass is 468 g/mol. The van der Waals surface area contributed by atoms with Crippen molar-refractivity contribution in [2.75, 3.05) is 5.32 Å². The molecule has 1 amide bonds. The highest BCUT2D eigenvalue weighted by Gasteiger charge is 2.19. The number of amides is 1. The smallest absolute Gasteiger partial charge is 0.280 e. The number of azo groups is 1. The molecule has 31 heavy (non-hydrogen) atoms. The van der Waals surface area contributed by atoms with Crippen LogP contribution in [0.5, 0.6) is 0 Å². The molecule has 0 atom stereocenters. The Labute approximate surface area is 191 Å². The highest BCUT2D eigenvalue weighted by atomic mass is 35.5. The van der Waals surface area contributed by atoms with E-state index >= 15 is 0 Å². The van der Waals surface area contributed by atoms with Crippen molar-refractivity contribution in [2.24, 2.45) is 10.2 Å². The van der Waals surface area contributed by atoms with Crippen LogP contribution in [0, 0.1) is 0 Å². The van der Waals surface area contributed by atoms with E-state index in [1.807, 2.05) is 6.07 Å². The molecule has 154 valence electrons. The minimum absolute atomic E-state index is 0.218. The number of nitrogens with zero attached hydrogens (tertiary/aromatic N) is 3. The van der Waals surface area contributed by atoms with Crippen LogP contribution in [0.15, 0.2) is 88.2 Å². The molecule has 0 unspecified atom stereocenters. The summed E-state index contributed by atoms with van der Waals surface area (Å²) in [4.78, 5) is 17.2. The fourth-order valence-electron chi connectivity index (χ4n) is 2.74. The van der Waals surface area contributed by atoms with Gasteiger partial charge in [0.25, 0.3) is 5.91 Å². The zero-order chi connectivity index (χ0) is 21.8. The number of halogens is 2. The van der Waals surface area contributed by atoms with Gasteiger partial charge in [0.05, 0.1) is 37.1 Å². The van der Waals surface area contributed by atoms with Crippen LogP contribution in [0.2, 0.25) is 10.0 Å². The lowest BCUT2D eigenvalue weighted by molar-refractivity contribution is -0.112. The number of hydrogen-bond donors (Lipinski definition) is 2. The average molecular weight is 469 g/mol. The Morgan fingerprint density at radius 2 is 1.74 bits per heavy atom. The number of aliphatic hydroxyl groups is 1. The van der Waals surface area contributed by atoms with Crippen LogP contribution in [0.3, 0.4) is 0 Å². The van der Waals surface area contributed by atoms with Gasteiger partial charge in [0, 0.05) is 5.56 Å². The van der Waals surface area contributed by atoms with Crippen LogP contribution in [-0.4, -0.2) is 16.0 Å². The van der Waals surface area contributed by atoms with Gasteiger partial charge in [-0.2, -0.15) is 5.11 Å². The quantitative estimate of drug-likeness (QED) is 0.183. The first-order valence-corrected chi connectivity index (χ1v) is 10.7. The second-order valence-corrected chi connectivity index (χ2v) is 8.02. The lowest BCUT2D eigenvalue weighted by Gasteiger charge is -2.10. The van der Waals surface area contributed by atoms with Gasteiger partial charge in [-0.25, -0.2) is 4.98 Å². The summed E-state index contributed by atoms with van der Waals surface area (Å²) in [5.74, 6) is -1.04. The van der Waals surface area contributed by atoms with Gasteiger partial charge in [0.1, 0.15) is 0 Å². The fraction of sp³-hybridized carbons (Fsp3) is 0. The van der Waals surface area contributed by atoms with E-state index in [1.165, 1.54) is 11.3 Å². The van der Waals surface area contributed by atoms with Gasteiger partial charge in [-0.15, -0.1) is 16.5 Å². The molecule has 4 aromatic rings. The van der Waals surface area contributed by atoms with Crippen LogP contribution >= 0.6 is 34.5 Å². The van der Waals surface area contributed by atoms with Gasteiger partial charge in [0.15, 0.2) is 11.5 Å². The Hall–Kier alpha value is -3.26. The normalized spacial score (nSPS) is 12.2. The Bertz CT molecular complexity index is 1300. The van der Waals surface area contributed by atoms with E-state index in [4.69, 9.17) is 23.2 Å². The maximum Gasteiger partial charge on any atom is 0.280 e. The van der Waals surface area contributed by atoms with Crippen molar-refractivity contribution in [1.82, 2.24) is 4.98 Å². The number of carbonyl (C=O) groups excluding carboxylic acids is 1. The van der Waals surface area contributed by atoms with E-state index in [9.17, 15) is 9.90 Å². The topological polar surface area (TPSA) is 86.9 Å². The predicted molar refractivity (Wildman–Crippen MR) is 125 cm³/mol. The molecule has 1 heterocycles. The summed E-state index contributed by atoms with van der Waals surface area (Å²) in [6.07, 6.45) is 0. The molecule has 0 aliphatic rings. The third-order valence-electron chi connectivity index (χ3n) is 4.27. The molecule has 0 radical (unpaired) electrons. The molecule has 9 heteroatoms. The lowest BCUT2D eigenvalue weighted by atomic mass is 10.1. The number of benzene rings is 3. The maximum absolute atomic E-state index is 13.0. The van der Waals surface area contributed by atoms with Crippen molar-refractivity contribution >= 4 is 67.8 Å². The van der Waals surface area contributed by atoms with E-state index in [0.717, 1.165) is 10.2 Å². The van der Waals surface area contributed by atoms with E-state index in [-0.39, 0.29) is 27.2 Å². The SMILES string of the molecule is O=C(Nc1c(Cl)cccc1Cl)/C(N=Nc1ccc2ncsc2c1)=C(/O)c1ccccc1. The number of carbonyl (C=O) groups is 1. The van der Waals surface area contributed by atoms with Gasteiger partial charge >= 0.3 is 0 Å². The maximum atomic E-state index is 13.0. The zero-order valence-electron chi connectivity index (χ0n) is 15.8. The van der Waals surface area contributed by atoms with Gasteiger partial charge in [0.2, 0.25) is 0 Å². The Morgan fingerprint density at radius 3 is 2.48 bits per heavy atom. The van der Waals surface area contributed by atoms with E-state index in [2.05, 4.69) is 20.5 Å². The molecule has 1 aromatic heterocycles. The van der Waals surface area contributed by atoms with Crippen molar-refractivity contribution < 1.29 is 9.90 Å². The minimum atomic E-state index is -0.709. The molecule has 0 bridgehead atoms. The second kappa shape index (κ2) is 9.26. The first-order chi connectivity index (χ1) is 15.0. The molecule has 3 aromatic carbocycles. The van der Waals surface area contributed by atoms with Gasteiger partial charge in [-0.1, -0.05) is 59.6 Å². The summed E-state index contributed by atoms with van der Waals surface area (Å²) < 4.78 is 0.932. The third kappa shape index (κ3) is 4.74. The second-order valence-electron chi connectivity index (χ2n) is 6.32. The summed E-state index contributed by atoms with van der Waals surface area (Å²) in [6, 6.07) is 18.8. The van der Waals surface area contributed by atoms with E-state index in [0.29, 0.717) is 11.3 Å². The number of hydrogen-bond acceptors (Lipinski definition) is 6. The molecule has 2 N–H and O–H groups in total. The van der Waals surface area contributed by atoms with Crippen LogP contribution in [0.25, 0.3) is 16.0 Å². The van der Waals surface area contributed by atoms with Crippen molar-refractivity contribution in [1.29, 1.82) is 0 Å². The van der Waals surface area contributed by atoms with Crippen LogP contribution < -0.4 is 5.32 Å². The number of nitrogens with one attached hydrogen (secondary N) is 1. The molecule has 0 fully saturated rings. The molecule has 4 rings (SSSR count). The highest BCUT2D eigenvalue weighted by molar-refractivity contribution is 7.16. The summed E-state index contributed by atoms with van der Waals surface area (Å²) in [7, 11) is 0. The average Bonchev–Trinajstić information content (AvgIpc) is 3.25. The molecule has 0 spiro atoms. The Morgan fingerprint density at radius 1 is 1.00 bits per heavy atom. The fourth-order valence-corrected chi connectivity index (χ4v) is 3.94. The zero-order valence-corrected chi connectivity index (χ0v) is 18.1. The van der Waals surface area contributed by atoms with Crippen molar-refractivity contribution in [3.05, 3.63) is 93.5 Å². The van der Waals surface area contributed by atoms with Gasteiger partial charge < -0.3 is 10.4 Å². The number of fused-ring (bicyclic) bond motifs is 1. The minimum Gasteiger partial charge on any atom is -0.505 e. The molecule has 0 saturated heterocycles. The van der Waals surface area contributed by atoms with Gasteiger partial charge in [-0.05, 0) is 30.3 Å². The number of rotatable bonds is 5. The lowest BCUT2D eigenvalue weighted by Crippen LogP contribution is -2.15. The van der Waals surface area contributed by atoms with E-state index in [1.54, 1.807) is 66.2 Å². The standard InChI is InChI=1S/C22H14Cl2N4O2S/c23-15-7-4-8-16(24)19(15)26-22(30)20(21(29)13-5-2-1-3-6-13)28-27-14-9-10-17-18(11-14)31-12-25-17/h1-12,29H,(H,26,30)/b21-20-,28-27?. The van der Waals surface area contributed by atoms with Crippen molar-refractivity contribution in [2.45, 2.75) is 0 Å². The summed E-state index contributed by atoms with van der Waals surface area (Å²) in [5, 5.41) is 22.1. The Kier molecular flexibility index (Phi) is 6.27. The van der Waals surface area contributed by atoms with Crippen LogP contribution in [0.4, 0.5) is 11.4 Å². The number of anilines is 1. The summed E-state index contributed by atoms with van der Waals surface area (Å²) in [6.45, 7) is 0. The number of para-hydroxylation sites is 1. The highest BCUT2D eigenvalue weighted by Crippen LogP contribution is 2.31. The molecule has 0 saturated carbocycles. The van der Waals surface area contributed by atoms with Crippen LogP contribution in [-0.2, 0) is 4.79 Å². The molecular formula is C22H14Cl2N4O2S. The predicted octanol–water partition coefficient (Wildman–Crippen LogP) is 7.25. The number of thiazole rings is 1. The van der Waals surface area contributed by atoms with Crippen molar-refractivity contribution in [3.8, 4) is 0 Å². The van der Waals surface area contributed by atoms with E-state index < -0.39 is 5.91 Å². The number of aliphatic hydroxyl groups excluding tert-OH is 1. The first kappa shape index (κ1) is 21.0. The van der Waals surface area contributed by atoms with Crippen LogP contribution in [0.1, 0.15) is 5.56 Å². The van der Waals surface area contributed by atoms with Gasteiger partial charge in [-0.3, -0.25) is 4.79 Å². The molecule has 6 nitrogen and oxygen atoms in total. The first-order valence-electron chi connectivity index (χ1n) is 9.02. The summed E-state index contributed by atoms with van der Waals surface area (Å²) in [5.41, 5.74) is 3.44. The summed E-state index contributed by atoms with van der Waals surface area (Å²) >= 11 is 13.8. The molecule has 0 aliphatic carbocycles. The molecule has 0 aliphatic heterocycles. The molecular weight excluding hydrogens is 455 g/mol. The van der Waals surface area contributed by atoms with Crippen molar-refractivity contribution in [3.63, 3.8) is 0 Å². The third-order valence-corrected chi connectivity index (χ3v) is 5.69. The number of aromatic nitrogens is 1. The Balaban J connectivity index is 1.73. The largest absolute Gasteiger partial charge is 0.505 e.